The first kappa shape index (κ1) is 10.7. The summed E-state index contributed by atoms with van der Waals surface area (Å²) in [6.07, 6.45) is 3.03. The van der Waals surface area contributed by atoms with Crippen molar-refractivity contribution in [1.29, 1.82) is 0 Å². The van der Waals surface area contributed by atoms with E-state index in [4.69, 9.17) is 11.6 Å². The van der Waals surface area contributed by atoms with E-state index in [2.05, 4.69) is 15.3 Å². The maximum Gasteiger partial charge on any atom is 0.290 e. The molecule has 1 heterocycles. The number of benzene rings is 1. The third-order valence-electron chi connectivity index (χ3n) is 2.08. The molecular weight excluding hydrogens is 226 g/mol. The summed E-state index contributed by atoms with van der Waals surface area (Å²) in [5.41, 5.74) is 0.811. The number of hydrogen-bond acceptors (Lipinski definition) is 3. The van der Waals surface area contributed by atoms with Crippen LogP contribution in [0.2, 0.25) is 5.02 Å². The number of halogens is 1. The summed E-state index contributed by atoms with van der Waals surface area (Å²) in [4.78, 5) is 17.8. The largest absolute Gasteiger partial charge is 0.361 e. The Hall–Kier alpha value is -1.81. The van der Waals surface area contributed by atoms with Gasteiger partial charge in [0.25, 0.3) is 5.56 Å². The summed E-state index contributed by atoms with van der Waals surface area (Å²) in [6.45, 7) is 0.539. The van der Waals surface area contributed by atoms with E-state index in [1.807, 2.05) is 12.1 Å². The van der Waals surface area contributed by atoms with Gasteiger partial charge in [-0.15, -0.1) is 0 Å². The van der Waals surface area contributed by atoms with Crippen LogP contribution in [0.4, 0.5) is 5.82 Å². The topological polar surface area (TPSA) is 57.8 Å². The Morgan fingerprint density at radius 1 is 1.31 bits per heavy atom. The van der Waals surface area contributed by atoms with Gasteiger partial charge >= 0.3 is 0 Å². The molecule has 0 aliphatic heterocycles. The summed E-state index contributed by atoms with van der Waals surface area (Å²) in [5.74, 6) is 0.317. The number of anilines is 1. The van der Waals surface area contributed by atoms with Crippen LogP contribution in [0.5, 0.6) is 0 Å². The van der Waals surface area contributed by atoms with Crippen molar-refractivity contribution in [2.24, 2.45) is 0 Å². The van der Waals surface area contributed by atoms with Gasteiger partial charge in [0.05, 0.1) is 0 Å². The Kier molecular flexibility index (Phi) is 3.22. The number of H-pyrrole nitrogens is 1. The molecular formula is C11H10ClN3O. The third-order valence-corrected chi connectivity index (χ3v) is 2.33. The quantitative estimate of drug-likeness (QED) is 0.856. The molecule has 2 rings (SSSR count). The van der Waals surface area contributed by atoms with Gasteiger partial charge in [0, 0.05) is 24.0 Å². The molecule has 5 heteroatoms. The third kappa shape index (κ3) is 2.61. The highest BCUT2D eigenvalue weighted by molar-refractivity contribution is 6.30. The second kappa shape index (κ2) is 4.81. The molecule has 2 aromatic rings. The highest BCUT2D eigenvalue weighted by Crippen LogP contribution is 2.09. The second-order valence-electron chi connectivity index (χ2n) is 3.25. The number of rotatable bonds is 3. The Balaban J connectivity index is 2.05. The smallest absolute Gasteiger partial charge is 0.290 e. The minimum atomic E-state index is -0.225. The van der Waals surface area contributed by atoms with Gasteiger partial charge in [0.15, 0.2) is 5.82 Å². The van der Waals surface area contributed by atoms with E-state index in [1.54, 1.807) is 12.1 Å². The van der Waals surface area contributed by atoms with Crippen molar-refractivity contribution in [3.63, 3.8) is 0 Å². The first-order valence-electron chi connectivity index (χ1n) is 4.78. The van der Waals surface area contributed by atoms with Crippen LogP contribution in [-0.2, 0) is 6.54 Å². The van der Waals surface area contributed by atoms with Crippen LogP contribution in [-0.4, -0.2) is 9.97 Å². The second-order valence-corrected chi connectivity index (χ2v) is 3.68. The molecule has 0 fully saturated rings. The lowest BCUT2D eigenvalue weighted by Crippen LogP contribution is -2.14. The summed E-state index contributed by atoms with van der Waals surface area (Å²) in [7, 11) is 0. The van der Waals surface area contributed by atoms with Crippen molar-refractivity contribution in [1.82, 2.24) is 9.97 Å². The van der Waals surface area contributed by atoms with Crippen molar-refractivity contribution in [2.45, 2.75) is 6.54 Å². The highest BCUT2D eigenvalue weighted by Gasteiger charge is 1.98. The van der Waals surface area contributed by atoms with E-state index in [-0.39, 0.29) is 5.56 Å². The number of nitrogens with one attached hydrogen (secondary N) is 2. The molecule has 0 amide bonds. The van der Waals surface area contributed by atoms with E-state index in [9.17, 15) is 4.79 Å². The van der Waals surface area contributed by atoms with Gasteiger partial charge in [-0.1, -0.05) is 23.7 Å². The lowest BCUT2D eigenvalue weighted by Gasteiger charge is -2.04. The average Bonchev–Trinajstić information content (AvgIpc) is 2.30. The van der Waals surface area contributed by atoms with E-state index >= 15 is 0 Å². The predicted octanol–water partition coefficient (Wildman–Crippen LogP) is 2.04. The molecule has 16 heavy (non-hydrogen) atoms. The zero-order chi connectivity index (χ0) is 11.4. The Labute approximate surface area is 97.3 Å². The van der Waals surface area contributed by atoms with E-state index in [1.165, 1.54) is 12.4 Å². The fraction of sp³-hybridized carbons (Fsp3) is 0.0909. The Bertz CT molecular complexity index is 521. The molecule has 4 nitrogen and oxygen atoms in total. The molecule has 82 valence electrons. The summed E-state index contributed by atoms with van der Waals surface area (Å²) in [5, 5.41) is 3.64. The molecule has 0 spiro atoms. The zero-order valence-corrected chi connectivity index (χ0v) is 9.16. The standard InChI is InChI=1S/C11H10ClN3O/c12-9-3-1-8(2-4-9)7-15-10-11(16)14-6-5-13-10/h1-6H,7H2,(H,13,15)(H,14,16). The number of aromatic nitrogens is 2. The predicted molar refractivity (Wildman–Crippen MR) is 63.6 cm³/mol. The fourth-order valence-electron chi connectivity index (χ4n) is 1.27. The van der Waals surface area contributed by atoms with Gasteiger partial charge in [-0.2, -0.15) is 0 Å². The van der Waals surface area contributed by atoms with Crippen molar-refractivity contribution < 1.29 is 0 Å². The molecule has 0 bridgehead atoms. The molecule has 2 N–H and O–H groups in total. The minimum Gasteiger partial charge on any atom is -0.361 e. The first-order chi connectivity index (χ1) is 7.75. The van der Waals surface area contributed by atoms with Gasteiger partial charge in [-0.05, 0) is 17.7 Å². The minimum absolute atomic E-state index is 0.225. The molecule has 0 atom stereocenters. The number of hydrogen-bond donors (Lipinski definition) is 2. The maximum absolute atomic E-state index is 11.3. The van der Waals surface area contributed by atoms with E-state index in [0.29, 0.717) is 17.4 Å². The maximum atomic E-state index is 11.3. The van der Waals surface area contributed by atoms with Crippen molar-refractivity contribution in [2.75, 3.05) is 5.32 Å². The number of nitrogens with zero attached hydrogens (tertiary/aromatic N) is 1. The van der Waals surface area contributed by atoms with Gasteiger partial charge in [-0.25, -0.2) is 4.98 Å². The summed E-state index contributed by atoms with van der Waals surface area (Å²) >= 11 is 5.77. The first-order valence-corrected chi connectivity index (χ1v) is 5.15. The van der Waals surface area contributed by atoms with Crippen molar-refractivity contribution in [3.05, 3.63) is 57.6 Å². The van der Waals surface area contributed by atoms with Crippen LogP contribution in [0.3, 0.4) is 0 Å². The van der Waals surface area contributed by atoms with Crippen LogP contribution < -0.4 is 10.9 Å². The molecule has 1 aromatic carbocycles. The monoisotopic (exact) mass is 235 g/mol. The highest BCUT2D eigenvalue weighted by atomic mass is 35.5. The van der Waals surface area contributed by atoms with Crippen molar-refractivity contribution in [3.8, 4) is 0 Å². The van der Waals surface area contributed by atoms with Crippen LogP contribution >= 0.6 is 11.6 Å². The Morgan fingerprint density at radius 3 is 2.75 bits per heavy atom. The fourth-order valence-corrected chi connectivity index (χ4v) is 1.39. The normalized spacial score (nSPS) is 10.1. The molecule has 0 unspecified atom stereocenters. The van der Waals surface area contributed by atoms with E-state index < -0.39 is 0 Å². The lowest BCUT2D eigenvalue weighted by molar-refractivity contribution is 1.06. The van der Waals surface area contributed by atoms with Crippen LogP contribution in [0.1, 0.15) is 5.56 Å². The van der Waals surface area contributed by atoms with Gasteiger partial charge < -0.3 is 10.3 Å². The van der Waals surface area contributed by atoms with Gasteiger partial charge in [-0.3, -0.25) is 4.79 Å². The molecule has 0 aliphatic carbocycles. The lowest BCUT2D eigenvalue weighted by atomic mass is 10.2. The summed E-state index contributed by atoms with van der Waals surface area (Å²) in [6, 6.07) is 7.40. The van der Waals surface area contributed by atoms with Crippen molar-refractivity contribution >= 4 is 17.4 Å². The molecule has 1 aromatic heterocycles. The molecule has 0 radical (unpaired) electrons. The van der Waals surface area contributed by atoms with Gasteiger partial charge in [0.2, 0.25) is 0 Å². The van der Waals surface area contributed by atoms with Gasteiger partial charge in [0.1, 0.15) is 0 Å². The average molecular weight is 236 g/mol. The van der Waals surface area contributed by atoms with Crippen LogP contribution in [0.15, 0.2) is 41.5 Å². The zero-order valence-electron chi connectivity index (χ0n) is 8.40. The Morgan fingerprint density at radius 2 is 2.06 bits per heavy atom. The van der Waals surface area contributed by atoms with Crippen LogP contribution in [0, 0.1) is 0 Å². The molecule has 0 aliphatic rings. The summed E-state index contributed by atoms with van der Waals surface area (Å²) < 4.78 is 0. The molecule has 0 saturated carbocycles. The SMILES string of the molecule is O=c1[nH]ccnc1NCc1ccc(Cl)cc1. The van der Waals surface area contributed by atoms with E-state index in [0.717, 1.165) is 5.56 Å². The number of aromatic amines is 1. The van der Waals surface area contributed by atoms with Crippen LogP contribution in [0.25, 0.3) is 0 Å². The molecule has 0 saturated heterocycles.